The molecule has 1 saturated carbocycles. The van der Waals surface area contributed by atoms with Crippen molar-refractivity contribution < 1.29 is 4.74 Å². The van der Waals surface area contributed by atoms with Gasteiger partial charge in [0.1, 0.15) is 5.75 Å². The maximum atomic E-state index is 6.02. The summed E-state index contributed by atoms with van der Waals surface area (Å²) >= 11 is 0. The highest BCUT2D eigenvalue weighted by molar-refractivity contribution is 5.30. The summed E-state index contributed by atoms with van der Waals surface area (Å²) in [5.41, 5.74) is 7.28. The fraction of sp³-hybridized carbons (Fsp3) is 0.625. The number of nitrogens with two attached hydrogens (primary N) is 1. The SMILES string of the molecule is COc1cccc(C(CN)N(C)C2CCCCC2)c1. The molecule has 1 fully saturated rings. The van der Waals surface area contributed by atoms with Crippen molar-refractivity contribution >= 4 is 0 Å². The summed E-state index contributed by atoms with van der Waals surface area (Å²) < 4.78 is 5.32. The third-order valence-electron chi connectivity index (χ3n) is 4.34. The highest BCUT2D eigenvalue weighted by atomic mass is 16.5. The molecule has 1 aromatic carbocycles. The van der Waals surface area contributed by atoms with Crippen molar-refractivity contribution in [3.05, 3.63) is 29.8 Å². The first kappa shape index (κ1) is 14.4. The lowest BCUT2D eigenvalue weighted by Gasteiger charge is -2.37. The van der Waals surface area contributed by atoms with Crippen molar-refractivity contribution in [3.63, 3.8) is 0 Å². The van der Waals surface area contributed by atoms with Crippen LogP contribution in [0.2, 0.25) is 0 Å². The van der Waals surface area contributed by atoms with Crippen LogP contribution in [0.4, 0.5) is 0 Å². The molecule has 1 atom stereocenters. The maximum Gasteiger partial charge on any atom is 0.119 e. The average Bonchev–Trinajstić information content (AvgIpc) is 2.49. The smallest absolute Gasteiger partial charge is 0.119 e. The van der Waals surface area contributed by atoms with Gasteiger partial charge in [0.05, 0.1) is 7.11 Å². The molecule has 0 aliphatic heterocycles. The van der Waals surface area contributed by atoms with Crippen LogP contribution in [0.15, 0.2) is 24.3 Å². The van der Waals surface area contributed by atoms with Crippen LogP contribution >= 0.6 is 0 Å². The molecule has 2 N–H and O–H groups in total. The number of methoxy groups -OCH3 is 1. The van der Waals surface area contributed by atoms with E-state index < -0.39 is 0 Å². The summed E-state index contributed by atoms with van der Waals surface area (Å²) in [7, 11) is 3.93. The second-order valence-corrected chi connectivity index (χ2v) is 5.49. The van der Waals surface area contributed by atoms with Crippen molar-refractivity contribution in [2.45, 2.75) is 44.2 Å². The van der Waals surface area contributed by atoms with Crippen LogP contribution in [0.5, 0.6) is 5.75 Å². The summed E-state index contributed by atoms with van der Waals surface area (Å²) in [6.45, 7) is 0.653. The van der Waals surface area contributed by atoms with Crippen LogP contribution in [-0.2, 0) is 0 Å². The lowest BCUT2D eigenvalue weighted by molar-refractivity contribution is 0.140. The Balaban J connectivity index is 2.13. The largest absolute Gasteiger partial charge is 0.497 e. The quantitative estimate of drug-likeness (QED) is 0.886. The highest BCUT2D eigenvalue weighted by Gasteiger charge is 2.24. The van der Waals surface area contributed by atoms with Gasteiger partial charge in [-0.15, -0.1) is 0 Å². The van der Waals surface area contributed by atoms with Gasteiger partial charge in [-0.25, -0.2) is 0 Å². The van der Waals surface area contributed by atoms with Crippen LogP contribution in [0.1, 0.15) is 43.7 Å². The Labute approximate surface area is 116 Å². The lowest BCUT2D eigenvalue weighted by atomic mass is 9.92. The third-order valence-corrected chi connectivity index (χ3v) is 4.34. The zero-order valence-corrected chi connectivity index (χ0v) is 12.1. The minimum atomic E-state index is 0.290. The van der Waals surface area contributed by atoms with Crippen LogP contribution < -0.4 is 10.5 Å². The molecule has 19 heavy (non-hydrogen) atoms. The predicted molar refractivity (Wildman–Crippen MR) is 79.4 cm³/mol. The summed E-state index contributed by atoms with van der Waals surface area (Å²) in [5.74, 6) is 0.910. The van der Waals surface area contributed by atoms with E-state index in [4.69, 9.17) is 10.5 Å². The van der Waals surface area contributed by atoms with Crippen LogP contribution in [0.3, 0.4) is 0 Å². The van der Waals surface area contributed by atoms with Gasteiger partial charge in [0.2, 0.25) is 0 Å². The first-order valence-electron chi connectivity index (χ1n) is 7.32. The van der Waals surface area contributed by atoms with Crippen molar-refractivity contribution in [1.82, 2.24) is 4.90 Å². The molecule has 1 aliphatic rings. The molecule has 1 aromatic rings. The van der Waals surface area contributed by atoms with Gasteiger partial charge < -0.3 is 10.5 Å². The van der Waals surface area contributed by atoms with E-state index in [-0.39, 0.29) is 6.04 Å². The fourth-order valence-corrected chi connectivity index (χ4v) is 3.13. The van der Waals surface area contributed by atoms with Gasteiger partial charge in [0.15, 0.2) is 0 Å². The Hall–Kier alpha value is -1.06. The molecule has 0 bridgehead atoms. The molecule has 0 saturated heterocycles. The molecular formula is C16H26N2O. The fourth-order valence-electron chi connectivity index (χ4n) is 3.13. The van der Waals surface area contributed by atoms with E-state index in [9.17, 15) is 0 Å². The highest BCUT2D eigenvalue weighted by Crippen LogP contribution is 2.29. The van der Waals surface area contributed by atoms with Gasteiger partial charge in [0, 0.05) is 18.6 Å². The standard InChI is InChI=1S/C16H26N2O/c1-18(14-8-4-3-5-9-14)16(12-17)13-7-6-10-15(11-13)19-2/h6-7,10-11,14,16H,3-5,8-9,12,17H2,1-2H3. The summed E-state index contributed by atoms with van der Waals surface area (Å²) in [6, 6.07) is 9.26. The molecule has 3 nitrogen and oxygen atoms in total. The first-order valence-corrected chi connectivity index (χ1v) is 7.32. The van der Waals surface area contributed by atoms with Gasteiger partial charge >= 0.3 is 0 Å². The zero-order chi connectivity index (χ0) is 13.7. The second kappa shape index (κ2) is 6.92. The number of hydrogen-bond acceptors (Lipinski definition) is 3. The van der Waals surface area contributed by atoms with Crippen molar-refractivity contribution in [3.8, 4) is 5.75 Å². The Bertz CT molecular complexity index is 388. The lowest BCUT2D eigenvalue weighted by Crippen LogP contribution is -2.39. The van der Waals surface area contributed by atoms with E-state index in [2.05, 4.69) is 24.1 Å². The number of benzene rings is 1. The van der Waals surface area contributed by atoms with E-state index in [0.29, 0.717) is 12.6 Å². The Morgan fingerprint density at radius 3 is 2.68 bits per heavy atom. The first-order chi connectivity index (χ1) is 9.26. The molecule has 0 aromatic heterocycles. The third kappa shape index (κ3) is 3.48. The monoisotopic (exact) mass is 262 g/mol. The second-order valence-electron chi connectivity index (χ2n) is 5.49. The molecule has 0 heterocycles. The summed E-state index contributed by atoms with van der Waals surface area (Å²) in [5, 5.41) is 0. The van der Waals surface area contributed by atoms with Gasteiger partial charge in [-0.2, -0.15) is 0 Å². The minimum Gasteiger partial charge on any atom is -0.497 e. The molecule has 106 valence electrons. The Morgan fingerprint density at radius 1 is 1.32 bits per heavy atom. The van der Waals surface area contributed by atoms with Crippen LogP contribution in [-0.4, -0.2) is 31.6 Å². The van der Waals surface area contributed by atoms with Crippen molar-refractivity contribution in [2.75, 3.05) is 20.7 Å². The molecule has 0 amide bonds. The van der Waals surface area contributed by atoms with E-state index >= 15 is 0 Å². The predicted octanol–water partition coefficient (Wildman–Crippen LogP) is 2.96. The number of ether oxygens (including phenoxy) is 1. The summed E-state index contributed by atoms with van der Waals surface area (Å²) in [4.78, 5) is 2.47. The Morgan fingerprint density at radius 2 is 2.05 bits per heavy atom. The average molecular weight is 262 g/mol. The van der Waals surface area contributed by atoms with Crippen LogP contribution in [0.25, 0.3) is 0 Å². The molecule has 1 unspecified atom stereocenters. The molecule has 0 radical (unpaired) electrons. The van der Waals surface area contributed by atoms with E-state index in [1.165, 1.54) is 37.7 Å². The number of nitrogens with zero attached hydrogens (tertiary/aromatic N) is 1. The number of rotatable bonds is 5. The molecule has 3 heteroatoms. The van der Waals surface area contributed by atoms with Gasteiger partial charge in [-0.05, 0) is 37.6 Å². The summed E-state index contributed by atoms with van der Waals surface area (Å²) in [6.07, 6.45) is 6.69. The molecular weight excluding hydrogens is 236 g/mol. The van der Waals surface area contributed by atoms with E-state index in [1.54, 1.807) is 7.11 Å². The number of likely N-dealkylation sites (N-methyl/N-ethyl adjacent to an activating group) is 1. The Kier molecular flexibility index (Phi) is 5.23. The zero-order valence-electron chi connectivity index (χ0n) is 12.1. The van der Waals surface area contributed by atoms with E-state index in [0.717, 1.165) is 5.75 Å². The van der Waals surface area contributed by atoms with Gasteiger partial charge in [-0.3, -0.25) is 4.90 Å². The molecule has 0 spiro atoms. The molecule has 2 rings (SSSR count). The molecule has 1 aliphatic carbocycles. The van der Waals surface area contributed by atoms with Crippen LogP contribution in [0, 0.1) is 0 Å². The van der Waals surface area contributed by atoms with Crippen molar-refractivity contribution in [2.24, 2.45) is 5.73 Å². The van der Waals surface area contributed by atoms with Crippen molar-refractivity contribution in [1.29, 1.82) is 0 Å². The maximum absolute atomic E-state index is 6.02. The van der Waals surface area contributed by atoms with Gasteiger partial charge in [0.25, 0.3) is 0 Å². The topological polar surface area (TPSA) is 38.5 Å². The normalized spacial score (nSPS) is 18.5. The number of hydrogen-bond donors (Lipinski definition) is 1. The van der Waals surface area contributed by atoms with Gasteiger partial charge in [-0.1, -0.05) is 31.4 Å². The van der Waals surface area contributed by atoms with E-state index in [1.807, 2.05) is 12.1 Å². The minimum absolute atomic E-state index is 0.290.